The zero-order valence-corrected chi connectivity index (χ0v) is 14.9. The van der Waals surface area contributed by atoms with E-state index in [2.05, 4.69) is 0 Å². The molecular formula is C12H25F3O3SSi. The highest BCUT2D eigenvalue weighted by Crippen LogP contribution is 2.45. The van der Waals surface area contributed by atoms with Gasteiger partial charge in [-0.25, -0.2) is 0 Å². The fourth-order valence-electron chi connectivity index (χ4n) is 2.38. The summed E-state index contributed by atoms with van der Waals surface area (Å²) in [6.07, 6.45) is 0. The van der Waals surface area contributed by atoms with Gasteiger partial charge in [0.15, 0.2) is 0 Å². The predicted molar refractivity (Wildman–Crippen MR) is 76.3 cm³/mol. The van der Waals surface area contributed by atoms with Crippen molar-refractivity contribution >= 4 is 18.4 Å². The molecule has 0 aliphatic rings. The topological polar surface area (TPSA) is 43.4 Å². The van der Waals surface area contributed by atoms with Crippen LogP contribution in [0.4, 0.5) is 13.2 Å². The summed E-state index contributed by atoms with van der Waals surface area (Å²) < 4.78 is 65.7. The highest BCUT2D eigenvalue weighted by Gasteiger charge is 2.56. The molecule has 0 amide bonds. The van der Waals surface area contributed by atoms with Crippen LogP contribution in [-0.2, 0) is 14.0 Å². The smallest absolute Gasteiger partial charge is 0.307 e. The van der Waals surface area contributed by atoms with Crippen LogP contribution in [0, 0.1) is 5.41 Å². The van der Waals surface area contributed by atoms with Crippen LogP contribution in [0.15, 0.2) is 0 Å². The van der Waals surface area contributed by atoms with E-state index < -0.39 is 23.9 Å². The SMILES string of the molecule is CC(C)[Si](CC(C)(C)C)(OS(=O)(=O)C(F)(F)F)C(C)C. The molecule has 0 aliphatic heterocycles. The van der Waals surface area contributed by atoms with Crippen molar-refractivity contribution in [3.05, 3.63) is 0 Å². The van der Waals surface area contributed by atoms with E-state index in [-0.39, 0.29) is 16.5 Å². The lowest BCUT2D eigenvalue weighted by Gasteiger charge is -2.41. The molecule has 0 unspecified atom stereocenters. The summed E-state index contributed by atoms with van der Waals surface area (Å²) in [4.78, 5) is 0. The second kappa shape index (κ2) is 5.96. The second-order valence-electron chi connectivity index (χ2n) is 6.98. The average molecular weight is 334 g/mol. The summed E-state index contributed by atoms with van der Waals surface area (Å²) in [7, 11) is -8.69. The molecule has 0 rings (SSSR count). The van der Waals surface area contributed by atoms with E-state index in [0.717, 1.165) is 0 Å². The largest absolute Gasteiger partial charge is 0.522 e. The number of hydrogen-bond donors (Lipinski definition) is 0. The first-order valence-electron chi connectivity index (χ1n) is 6.57. The number of halogens is 3. The number of hydrogen-bond acceptors (Lipinski definition) is 3. The summed E-state index contributed by atoms with van der Waals surface area (Å²) >= 11 is 0. The highest BCUT2D eigenvalue weighted by molar-refractivity contribution is 7.88. The molecule has 0 saturated carbocycles. The third kappa shape index (κ3) is 4.73. The van der Waals surface area contributed by atoms with Gasteiger partial charge in [-0.1, -0.05) is 48.5 Å². The summed E-state index contributed by atoms with van der Waals surface area (Å²) in [5.41, 5.74) is -6.15. The third-order valence-corrected chi connectivity index (χ3v) is 11.5. The predicted octanol–water partition coefficient (Wildman–Crippen LogP) is 4.66. The van der Waals surface area contributed by atoms with Crippen LogP contribution in [0.1, 0.15) is 48.5 Å². The standard InChI is InChI=1S/C12H25F3O3SSi/c1-9(2)20(10(3)4,8-11(5,6)7)18-19(16,17)12(13,14)15/h9-10H,8H2,1-7H3. The van der Waals surface area contributed by atoms with Crippen molar-refractivity contribution in [2.75, 3.05) is 0 Å². The monoisotopic (exact) mass is 334 g/mol. The Morgan fingerprint density at radius 3 is 1.55 bits per heavy atom. The molecule has 20 heavy (non-hydrogen) atoms. The van der Waals surface area contributed by atoms with Gasteiger partial charge in [-0.2, -0.15) is 21.6 Å². The van der Waals surface area contributed by atoms with Gasteiger partial charge in [0, 0.05) is 0 Å². The van der Waals surface area contributed by atoms with Gasteiger partial charge in [-0.3, -0.25) is 0 Å². The molecule has 0 N–H and O–H groups in total. The lowest BCUT2D eigenvalue weighted by molar-refractivity contribution is -0.0506. The maximum Gasteiger partial charge on any atom is 0.522 e. The summed E-state index contributed by atoms with van der Waals surface area (Å²) in [6.45, 7) is 12.6. The molecular weight excluding hydrogens is 309 g/mol. The van der Waals surface area contributed by atoms with Crippen molar-refractivity contribution in [2.45, 2.75) is 71.1 Å². The van der Waals surface area contributed by atoms with Crippen molar-refractivity contribution in [3.63, 3.8) is 0 Å². The minimum absolute atomic E-state index is 0.237. The summed E-state index contributed by atoms with van der Waals surface area (Å²) in [6, 6.07) is 0.352. The van der Waals surface area contributed by atoms with Crippen LogP contribution in [0.5, 0.6) is 0 Å². The average Bonchev–Trinajstić information content (AvgIpc) is 2.10. The lowest BCUT2D eigenvalue weighted by Crippen LogP contribution is -2.51. The Kier molecular flexibility index (Phi) is 5.94. The van der Waals surface area contributed by atoms with Crippen LogP contribution in [0.25, 0.3) is 0 Å². The quantitative estimate of drug-likeness (QED) is 0.542. The lowest BCUT2D eigenvalue weighted by atomic mass is 10.0. The summed E-state index contributed by atoms with van der Waals surface area (Å²) in [5.74, 6) is 0. The fraction of sp³-hybridized carbons (Fsp3) is 1.00. The molecule has 8 heteroatoms. The molecule has 0 radical (unpaired) electrons. The van der Waals surface area contributed by atoms with Crippen LogP contribution in [0.3, 0.4) is 0 Å². The van der Waals surface area contributed by atoms with Crippen LogP contribution in [0.2, 0.25) is 17.1 Å². The molecule has 0 spiro atoms. The first-order chi connectivity index (χ1) is 8.55. The van der Waals surface area contributed by atoms with Crippen LogP contribution >= 0.6 is 0 Å². The number of rotatable bonds is 5. The van der Waals surface area contributed by atoms with Crippen molar-refractivity contribution in [1.82, 2.24) is 0 Å². The Bertz CT molecular complexity index is 414. The molecule has 0 fully saturated rings. The Labute approximate surface area is 121 Å². The van der Waals surface area contributed by atoms with Gasteiger partial charge in [-0.15, -0.1) is 0 Å². The first kappa shape index (κ1) is 19.9. The molecule has 0 aromatic heterocycles. The van der Waals surface area contributed by atoms with Crippen LogP contribution in [-0.4, -0.2) is 22.2 Å². The molecule has 0 bridgehead atoms. The van der Waals surface area contributed by atoms with Gasteiger partial charge in [0.05, 0.1) is 0 Å². The van der Waals surface area contributed by atoms with Crippen molar-refractivity contribution in [3.8, 4) is 0 Å². The van der Waals surface area contributed by atoms with Crippen LogP contribution < -0.4 is 0 Å². The molecule has 3 nitrogen and oxygen atoms in total. The normalized spacial score (nSPS) is 15.2. The van der Waals surface area contributed by atoms with E-state index in [0.29, 0.717) is 6.04 Å². The van der Waals surface area contributed by atoms with Gasteiger partial charge in [-0.05, 0) is 22.5 Å². The van der Waals surface area contributed by atoms with Crippen molar-refractivity contribution in [1.29, 1.82) is 0 Å². The second-order valence-corrected chi connectivity index (χ2v) is 13.6. The third-order valence-electron chi connectivity index (χ3n) is 3.31. The highest BCUT2D eigenvalue weighted by atomic mass is 32.2. The van der Waals surface area contributed by atoms with Gasteiger partial charge in [0.25, 0.3) is 0 Å². The molecule has 0 atom stereocenters. The fourth-order valence-corrected chi connectivity index (χ4v) is 9.97. The Morgan fingerprint density at radius 1 is 1.00 bits per heavy atom. The molecule has 0 aliphatic carbocycles. The number of alkyl halides is 3. The Hall–Kier alpha value is -0.0831. The molecule has 0 aromatic carbocycles. The van der Waals surface area contributed by atoms with Gasteiger partial charge in [0.1, 0.15) is 0 Å². The van der Waals surface area contributed by atoms with E-state index in [1.807, 2.05) is 20.8 Å². The van der Waals surface area contributed by atoms with E-state index in [9.17, 15) is 21.6 Å². The first-order valence-corrected chi connectivity index (χ1v) is 10.2. The molecule has 0 saturated heterocycles. The maximum atomic E-state index is 12.6. The van der Waals surface area contributed by atoms with Gasteiger partial charge >= 0.3 is 15.6 Å². The molecule has 122 valence electrons. The van der Waals surface area contributed by atoms with E-state index in [1.165, 1.54) is 0 Å². The zero-order valence-electron chi connectivity index (χ0n) is 13.1. The van der Waals surface area contributed by atoms with Crippen molar-refractivity contribution in [2.24, 2.45) is 5.41 Å². The zero-order chi connectivity index (χ0) is 16.6. The summed E-state index contributed by atoms with van der Waals surface area (Å²) in [5, 5.41) is 0. The molecule has 0 aromatic rings. The Morgan fingerprint density at radius 2 is 1.35 bits per heavy atom. The van der Waals surface area contributed by atoms with Gasteiger partial charge < -0.3 is 3.87 Å². The van der Waals surface area contributed by atoms with E-state index in [1.54, 1.807) is 27.7 Å². The minimum atomic E-state index is -5.56. The Balaban J connectivity index is 5.79. The van der Waals surface area contributed by atoms with E-state index in [4.69, 9.17) is 3.87 Å². The van der Waals surface area contributed by atoms with E-state index >= 15 is 0 Å². The minimum Gasteiger partial charge on any atom is -0.307 e. The van der Waals surface area contributed by atoms with Crippen molar-refractivity contribution < 1.29 is 25.5 Å². The van der Waals surface area contributed by atoms with Gasteiger partial charge in [0.2, 0.25) is 8.32 Å². The maximum absolute atomic E-state index is 12.6. The molecule has 0 heterocycles.